The number of nitriles is 1. The SMILES string of the molecule is N#CC1CN(C(=O)C(N)C2CC2)C1. The van der Waals surface area contributed by atoms with E-state index in [-0.39, 0.29) is 17.9 Å². The second kappa shape index (κ2) is 3.00. The van der Waals surface area contributed by atoms with E-state index in [1.807, 2.05) is 0 Å². The van der Waals surface area contributed by atoms with Gasteiger partial charge in [-0.3, -0.25) is 4.79 Å². The smallest absolute Gasteiger partial charge is 0.239 e. The predicted octanol–water partition coefficient (Wildman–Crippen LogP) is -0.294. The van der Waals surface area contributed by atoms with Crippen molar-refractivity contribution in [3.8, 4) is 6.07 Å². The summed E-state index contributed by atoms with van der Waals surface area (Å²) in [6, 6.07) is 1.83. The van der Waals surface area contributed by atoms with E-state index >= 15 is 0 Å². The van der Waals surface area contributed by atoms with Crippen molar-refractivity contribution >= 4 is 5.91 Å². The first-order chi connectivity index (χ1) is 6.22. The van der Waals surface area contributed by atoms with Gasteiger partial charge in [-0.2, -0.15) is 5.26 Å². The van der Waals surface area contributed by atoms with E-state index in [4.69, 9.17) is 11.0 Å². The molecule has 1 saturated carbocycles. The van der Waals surface area contributed by atoms with Crippen LogP contribution < -0.4 is 5.73 Å². The molecule has 1 aliphatic heterocycles. The van der Waals surface area contributed by atoms with Gasteiger partial charge in [-0.15, -0.1) is 0 Å². The normalized spacial score (nSPS) is 24.8. The van der Waals surface area contributed by atoms with Gasteiger partial charge in [0, 0.05) is 13.1 Å². The van der Waals surface area contributed by atoms with Gasteiger partial charge >= 0.3 is 0 Å². The Hall–Kier alpha value is -1.08. The zero-order chi connectivity index (χ0) is 9.42. The van der Waals surface area contributed by atoms with Crippen LogP contribution in [0.25, 0.3) is 0 Å². The molecule has 1 heterocycles. The Morgan fingerprint density at radius 1 is 1.54 bits per heavy atom. The molecule has 4 nitrogen and oxygen atoms in total. The summed E-state index contributed by atoms with van der Waals surface area (Å²) in [7, 11) is 0. The summed E-state index contributed by atoms with van der Waals surface area (Å²) in [5, 5.41) is 8.53. The maximum Gasteiger partial charge on any atom is 0.239 e. The first kappa shape index (κ1) is 8.52. The lowest BCUT2D eigenvalue weighted by molar-refractivity contribution is -0.138. The highest BCUT2D eigenvalue weighted by atomic mass is 16.2. The highest BCUT2D eigenvalue weighted by Gasteiger charge is 2.39. The molecule has 1 atom stereocenters. The highest BCUT2D eigenvalue weighted by molar-refractivity contribution is 5.83. The second-order valence-corrected chi connectivity index (χ2v) is 3.93. The summed E-state index contributed by atoms with van der Waals surface area (Å²) < 4.78 is 0. The van der Waals surface area contributed by atoms with Crippen LogP contribution in [0.1, 0.15) is 12.8 Å². The number of carbonyl (C=O) groups is 1. The number of nitrogens with two attached hydrogens (primary N) is 1. The summed E-state index contributed by atoms with van der Waals surface area (Å²) in [5.74, 6) is 0.484. The van der Waals surface area contributed by atoms with Gasteiger partial charge in [0.2, 0.25) is 5.91 Å². The van der Waals surface area contributed by atoms with E-state index in [9.17, 15) is 4.79 Å². The van der Waals surface area contributed by atoms with E-state index in [2.05, 4.69) is 6.07 Å². The lowest BCUT2D eigenvalue weighted by Gasteiger charge is -2.36. The molecule has 70 valence electrons. The Bertz CT molecular complexity index is 261. The van der Waals surface area contributed by atoms with Gasteiger partial charge < -0.3 is 10.6 Å². The molecular weight excluding hydrogens is 166 g/mol. The average Bonchev–Trinajstić information content (AvgIpc) is 2.83. The van der Waals surface area contributed by atoms with Crippen molar-refractivity contribution in [2.24, 2.45) is 17.6 Å². The van der Waals surface area contributed by atoms with E-state index < -0.39 is 0 Å². The largest absolute Gasteiger partial charge is 0.339 e. The van der Waals surface area contributed by atoms with Crippen LogP contribution in [0.2, 0.25) is 0 Å². The first-order valence-electron chi connectivity index (χ1n) is 4.66. The van der Waals surface area contributed by atoms with Crippen LogP contribution in [0.3, 0.4) is 0 Å². The van der Waals surface area contributed by atoms with Crippen molar-refractivity contribution in [3.05, 3.63) is 0 Å². The molecule has 0 spiro atoms. The maximum atomic E-state index is 11.6. The lowest BCUT2D eigenvalue weighted by atomic mass is 10.00. The fraction of sp³-hybridized carbons (Fsp3) is 0.778. The van der Waals surface area contributed by atoms with Crippen molar-refractivity contribution in [2.45, 2.75) is 18.9 Å². The standard InChI is InChI=1S/C9H13N3O/c10-3-6-4-12(5-6)9(13)8(11)7-1-2-7/h6-8H,1-2,4-5,11H2. The van der Waals surface area contributed by atoms with Crippen molar-refractivity contribution in [3.63, 3.8) is 0 Å². The molecule has 2 N–H and O–H groups in total. The number of nitrogens with zero attached hydrogens (tertiary/aromatic N) is 2. The van der Waals surface area contributed by atoms with Crippen LogP contribution in [-0.2, 0) is 4.79 Å². The van der Waals surface area contributed by atoms with Gasteiger partial charge in [0.25, 0.3) is 0 Å². The van der Waals surface area contributed by atoms with Crippen LogP contribution in [0.15, 0.2) is 0 Å². The minimum absolute atomic E-state index is 0.0361. The Morgan fingerprint density at radius 2 is 2.15 bits per heavy atom. The molecule has 0 aromatic rings. The van der Waals surface area contributed by atoms with Gasteiger partial charge in [-0.05, 0) is 18.8 Å². The lowest BCUT2D eigenvalue weighted by Crippen LogP contribution is -2.55. The van der Waals surface area contributed by atoms with Gasteiger partial charge in [-0.1, -0.05) is 0 Å². The van der Waals surface area contributed by atoms with Crippen LogP contribution in [-0.4, -0.2) is 29.9 Å². The van der Waals surface area contributed by atoms with Crippen LogP contribution >= 0.6 is 0 Å². The molecule has 1 saturated heterocycles. The average molecular weight is 179 g/mol. The number of carbonyl (C=O) groups excluding carboxylic acids is 1. The molecule has 2 aliphatic rings. The van der Waals surface area contributed by atoms with E-state index in [0.29, 0.717) is 19.0 Å². The van der Waals surface area contributed by atoms with Crippen molar-refractivity contribution in [1.29, 1.82) is 5.26 Å². The molecule has 1 amide bonds. The van der Waals surface area contributed by atoms with Crippen molar-refractivity contribution < 1.29 is 4.79 Å². The number of likely N-dealkylation sites (tertiary alicyclic amines) is 1. The van der Waals surface area contributed by atoms with E-state index in [1.165, 1.54) is 0 Å². The zero-order valence-corrected chi connectivity index (χ0v) is 7.44. The molecule has 0 bridgehead atoms. The Balaban J connectivity index is 1.82. The summed E-state index contributed by atoms with van der Waals surface area (Å²) >= 11 is 0. The fourth-order valence-electron chi connectivity index (χ4n) is 1.61. The van der Waals surface area contributed by atoms with E-state index in [1.54, 1.807) is 4.90 Å². The van der Waals surface area contributed by atoms with Crippen LogP contribution in [0, 0.1) is 23.2 Å². The Morgan fingerprint density at radius 3 is 2.62 bits per heavy atom. The maximum absolute atomic E-state index is 11.6. The zero-order valence-electron chi connectivity index (χ0n) is 7.44. The monoisotopic (exact) mass is 179 g/mol. The van der Waals surface area contributed by atoms with E-state index in [0.717, 1.165) is 12.8 Å². The summed E-state index contributed by atoms with van der Waals surface area (Å²) in [4.78, 5) is 13.3. The Kier molecular flexibility index (Phi) is 1.97. The number of amides is 1. The van der Waals surface area contributed by atoms with Gasteiger partial charge in [0.05, 0.1) is 18.0 Å². The quantitative estimate of drug-likeness (QED) is 0.633. The first-order valence-corrected chi connectivity index (χ1v) is 4.66. The molecule has 0 aromatic heterocycles. The molecule has 2 rings (SSSR count). The van der Waals surface area contributed by atoms with Crippen molar-refractivity contribution in [2.75, 3.05) is 13.1 Å². The van der Waals surface area contributed by atoms with Crippen molar-refractivity contribution in [1.82, 2.24) is 4.90 Å². The third-order valence-corrected chi connectivity index (χ3v) is 2.79. The minimum atomic E-state index is -0.306. The predicted molar refractivity (Wildman–Crippen MR) is 46.4 cm³/mol. The molecular formula is C9H13N3O. The molecule has 13 heavy (non-hydrogen) atoms. The molecule has 4 heteroatoms. The second-order valence-electron chi connectivity index (χ2n) is 3.93. The molecule has 0 aromatic carbocycles. The molecule has 0 radical (unpaired) electrons. The minimum Gasteiger partial charge on any atom is -0.339 e. The van der Waals surface area contributed by atoms with Crippen LogP contribution in [0.5, 0.6) is 0 Å². The molecule has 1 aliphatic carbocycles. The van der Waals surface area contributed by atoms with Crippen LogP contribution in [0.4, 0.5) is 0 Å². The topological polar surface area (TPSA) is 70.1 Å². The van der Waals surface area contributed by atoms with Gasteiger partial charge in [0.15, 0.2) is 0 Å². The fourth-order valence-corrected chi connectivity index (χ4v) is 1.61. The highest BCUT2D eigenvalue weighted by Crippen LogP contribution is 2.33. The third-order valence-electron chi connectivity index (χ3n) is 2.79. The third kappa shape index (κ3) is 1.52. The van der Waals surface area contributed by atoms with Gasteiger partial charge in [0.1, 0.15) is 0 Å². The number of hydrogen-bond acceptors (Lipinski definition) is 3. The molecule has 2 fully saturated rings. The summed E-state index contributed by atoms with van der Waals surface area (Å²) in [6.45, 7) is 1.16. The Labute approximate surface area is 77.3 Å². The number of hydrogen-bond donors (Lipinski definition) is 1. The van der Waals surface area contributed by atoms with Gasteiger partial charge in [-0.25, -0.2) is 0 Å². The molecule has 1 unspecified atom stereocenters. The number of rotatable bonds is 2. The summed E-state index contributed by atoms with van der Waals surface area (Å²) in [5.41, 5.74) is 5.75. The summed E-state index contributed by atoms with van der Waals surface area (Å²) in [6.07, 6.45) is 2.17.